The summed E-state index contributed by atoms with van der Waals surface area (Å²) in [4.78, 5) is 24.7. The van der Waals surface area contributed by atoms with E-state index in [0.717, 1.165) is 17.5 Å². The molecule has 0 spiro atoms. The second-order valence-corrected chi connectivity index (χ2v) is 8.66. The highest BCUT2D eigenvalue weighted by Gasteiger charge is 2.10. The van der Waals surface area contributed by atoms with E-state index in [-0.39, 0.29) is 11.7 Å². The molecule has 0 aromatic heterocycles. The van der Waals surface area contributed by atoms with Gasteiger partial charge < -0.3 is 9.47 Å². The fraction of sp³-hybridized carbons (Fsp3) is 0.100. The Balaban J connectivity index is 1.17. The van der Waals surface area contributed by atoms with E-state index in [1.165, 1.54) is 5.56 Å². The van der Waals surface area contributed by atoms with Gasteiger partial charge in [-0.3, -0.25) is 25.8 Å². The van der Waals surface area contributed by atoms with E-state index in [0.29, 0.717) is 23.7 Å². The lowest BCUT2D eigenvalue weighted by Crippen LogP contribution is -2.49. The third kappa shape index (κ3) is 8.18. The summed E-state index contributed by atoms with van der Waals surface area (Å²) in [6, 6.07) is 34.2. The minimum atomic E-state index is -0.456. The van der Waals surface area contributed by atoms with Gasteiger partial charge in [-0.05, 0) is 59.2 Å². The summed E-state index contributed by atoms with van der Waals surface area (Å²) < 4.78 is 11.3. The van der Waals surface area contributed by atoms with E-state index in [2.05, 4.69) is 16.2 Å². The molecule has 38 heavy (non-hydrogen) atoms. The average molecular weight is 526 g/mol. The van der Waals surface area contributed by atoms with Crippen LogP contribution in [-0.2, 0) is 11.2 Å². The summed E-state index contributed by atoms with van der Waals surface area (Å²) in [6.45, 7) is 0.261. The molecule has 2 amide bonds. The minimum Gasteiger partial charge on any atom is -0.493 e. The van der Waals surface area contributed by atoms with E-state index in [4.69, 9.17) is 21.7 Å². The van der Waals surface area contributed by atoms with Crippen molar-refractivity contribution in [3.8, 4) is 22.6 Å². The molecule has 3 N–H and O–H groups in total. The first-order valence-electron chi connectivity index (χ1n) is 12.0. The summed E-state index contributed by atoms with van der Waals surface area (Å²) in [7, 11) is 0. The van der Waals surface area contributed by atoms with Crippen LogP contribution in [0.5, 0.6) is 11.5 Å². The SMILES string of the molecule is O=C(COc1ccc(-c2ccccc2)cc1)NNC(=S)NC(=O)c1cccc(OCCc2ccccc2)c1. The predicted molar refractivity (Wildman–Crippen MR) is 151 cm³/mol. The highest BCUT2D eigenvalue weighted by molar-refractivity contribution is 7.80. The van der Waals surface area contributed by atoms with Crippen molar-refractivity contribution in [1.82, 2.24) is 16.2 Å². The van der Waals surface area contributed by atoms with Crippen molar-refractivity contribution in [2.24, 2.45) is 0 Å². The maximum absolute atomic E-state index is 12.6. The first-order valence-corrected chi connectivity index (χ1v) is 12.4. The van der Waals surface area contributed by atoms with Gasteiger partial charge in [-0.2, -0.15) is 0 Å². The summed E-state index contributed by atoms with van der Waals surface area (Å²) >= 11 is 5.11. The monoisotopic (exact) mass is 525 g/mol. The number of ether oxygens (including phenoxy) is 2. The van der Waals surface area contributed by atoms with Crippen molar-refractivity contribution in [2.75, 3.05) is 13.2 Å². The Hall–Kier alpha value is -4.69. The normalized spacial score (nSPS) is 10.2. The molecule has 0 fully saturated rings. The van der Waals surface area contributed by atoms with Gasteiger partial charge in [0.2, 0.25) is 0 Å². The van der Waals surface area contributed by atoms with Crippen molar-refractivity contribution in [1.29, 1.82) is 0 Å². The third-order valence-corrected chi connectivity index (χ3v) is 5.68. The van der Waals surface area contributed by atoms with Crippen molar-refractivity contribution >= 4 is 29.1 Å². The standard InChI is InChI=1S/C30H27N3O4S/c34-28(21-37-26-16-14-24(15-17-26)23-10-5-2-6-11-23)32-33-30(38)31-29(35)25-12-7-13-27(20-25)36-19-18-22-8-3-1-4-9-22/h1-17,20H,18-19,21H2,(H,32,34)(H2,31,33,35,38). The molecule has 4 rings (SSSR count). The Labute approximate surface area is 226 Å². The van der Waals surface area contributed by atoms with Gasteiger partial charge in [0.25, 0.3) is 11.8 Å². The number of nitrogens with one attached hydrogen (secondary N) is 3. The number of carbonyl (C=O) groups is 2. The zero-order valence-corrected chi connectivity index (χ0v) is 21.4. The first-order chi connectivity index (χ1) is 18.6. The van der Waals surface area contributed by atoms with Gasteiger partial charge in [0.1, 0.15) is 11.5 Å². The second kappa shape index (κ2) is 13.6. The molecule has 0 aliphatic carbocycles. The van der Waals surface area contributed by atoms with E-state index in [1.807, 2.05) is 72.8 Å². The smallest absolute Gasteiger partial charge is 0.276 e. The number of benzene rings is 4. The van der Waals surface area contributed by atoms with Gasteiger partial charge in [0, 0.05) is 12.0 Å². The van der Waals surface area contributed by atoms with Crippen LogP contribution in [0.15, 0.2) is 109 Å². The molecular weight excluding hydrogens is 498 g/mol. The molecule has 0 unspecified atom stereocenters. The number of rotatable bonds is 9. The fourth-order valence-corrected chi connectivity index (χ4v) is 3.69. The number of thiocarbonyl (C=S) groups is 1. The van der Waals surface area contributed by atoms with Crippen molar-refractivity contribution in [3.05, 3.63) is 120 Å². The van der Waals surface area contributed by atoms with Crippen LogP contribution in [0.2, 0.25) is 0 Å². The third-order valence-electron chi connectivity index (χ3n) is 5.47. The average Bonchev–Trinajstić information content (AvgIpc) is 2.96. The Bertz CT molecular complexity index is 1360. The number of carbonyl (C=O) groups excluding carboxylic acids is 2. The van der Waals surface area contributed by atoms with Crippen LogP contribution in [0.4, 0.5) is 0 Å². The maximum atomic E-state index is 12.6. The Morgan fingerprint density at radius 2 is 1.37 bits per heavy atom. The van der Waals surface area contributed by atoms with E-state index >= 15 is 0 Å². The number of amides is 2. The highest BCUT2D eigenvalue weighted by Crippen LogP contribution is 2.22. The van der Waals surface area contributed by atoms with Gasteiger partial charge in [0.15, 0.2) is 11.7 Å². The van der Waals surface area contributed by atoms with Crippen LogP contribution in [0.25, 0.3) is 11.1 Å². The molecule has 8 heteroatoms. The van der Waals surface area contributed by atoms with Gasteiger partial charge in [-0.25, -0.2) is 0 Å². The fourth-order valence-electron chi connectivity index (χ4n) is 3.55. The van der Waals surface area contributed by atoms with Crippen molar-refractivity contribution < 1.29 is 19.1 Å². The zero-order valence-electron chi connectivity index (χ0n) is 20.6. The lowest BCUT2D eigenvalue weighted by molar-refractivity contribution is -0.123. The molecule has 0 heterocycles. The molecule has 0 aliphatic heterocycles. The van der Waals surface area contributed by atoms with Gasteiger partial charge in [-0.15, -0.1) is 0 Å². The summed E-state index contributed by atoms with van der Waals surface area (Å²) in [5.74, 6) is 0.249. The molecule has 0 aliphatic rings. The van der Waals surface area contributed by atoms with Crippen LogP contribution in [0.3, 0.4) is 0 Å². The molecule has 192 valence electrons. The largest absolute Gasteiger partial charge is 0.493 e. The molecule has 0 saturated carbocycles. The number of hydrazine groups is 1. The molecular formula is C30H27N3O4S. The highest BCUT2D eigenvalue weighted by atomic mass is 32.1. The molecule has 0 radical (unpaired) electrons. The van der Waals surface area contributed by atoms with E-state index in [1.54, 1.807) is 36.4 Å². The van der Waals surface area contributed by atoms with E-state index < -0.39 is 11.8 Å². The second-order valence-electron chi connectivity index (χ2n) is 8.25. The Kier molecular flexibility index (Phi) is 9.42. The first kappa shape index (κ1) is 26.4. The van der Waals surface area contributed by atoms with Crippen LogP contribution in [-0.4, -0.2) is 30.1 Å². The van der Waals surface area contributed by atoms with Crippen molar-refractivity contribution in [3.63, 3.8) is 0 Å². The van der Waals surface area contributed by atoms with Gasteiger partial charge >= 0.3 is 0 Å². The summed E-state index contributed by atoms with van der Waals surface area (Å²) in [5, 5.41) is 2.48. The van der Waals surface area contributed by atoms with Gasteiger partial charge in [-0.1, -0.05) is 78.9 Å². The van der Waals surface area contributed by atoms with Crippen LogP contribution in [0, 0.1) is 0 Å². The van der Waals surface area contributed by atoms with E-state index in [9.17, 15) is 9.59 Å². The Morgan fingerprint density at radius 1 is 0.684 bits per heavy atom. The van der Waals surface area contributed by atoms with Crippen LogP contribution < -0.4 is 25.6 Å². The van der Waals surface area contributed by atoms with Crippen LogP contribution in [0.1, 0.15) is 15.9 Å². The summed E-state index contributed by atoms with van der Waals surface area (Å²) in [6.07, 6.45) is 0.758. The number of hydrogen-bond donors (Lipinski definition) is 3. The quantitative estimate of drug-likeness (QED) is 0.217. The van der Waals surface area contributed by atoms with Crippen molar-refractivity contribution in [2.45, 2.75) is 6.42 Å². The van der Waals surface area contributed by atoms with Gasteiger partial charge in [0.05, 0.1) is 6.61 Å². The molecule has 0 atom stereocenters. The maximum Gasteiger partial charge on any atom is 0.276 e. The molecule has 4 aromatic rings. The lowest BCUT2D eigenvalue weighted by Gasteiger charge is -2.12. The predicted octanol–water partition coefficient (Wildman–Crippen LogP) is 4.69. The molecule has 7 nitrogen and oxygen atoms in total. The summed E-state index contributed by atoms with van der Waals surface area (Å²) in [5.41, 5.74) is 8.61. The topological polar surface area (TPSA) is 88.7 Å². The zero-order chi connectivity index (χ0) is 26.6. The van der Waals surface area contributed by atoms with Crippen LogP contribution >= 0.6 is 12.2 Å². The molecule has 0 saturated heterocycles. The number of hydrogen-bond acceptors (Lipinski definition) is 5. The lowest BCUT2D eigenvalue weighted by atomic mass is 10.1. The molecule has 4 aromatic carbocycles. The Morgan fingerprint density at radius 3 is 2.11 bits per heavy atom. The molecule has 0 bridgehead atoms. The minimum absolute atomic E-state index is 0.0500.